The molecule has 3 aliphatic rings. The van der Waals surface area contributed by atoms with E-state index in [1.807, 2.05) is 0 Å². The normalized spacial score (nSPS) is 25.5. The van der Waals surface area contributed by atoms with Crippen LogP contribution in [0.25, 0.3) is 0 Å². The quantitative estimate of drug-likeness (QED) is 0.0456. The van der Waals surface area contributed by atoms with E-state index in [9.17, 15) is 0 Å². The monoisotopic (exact) mass is 901 g/mol. The van der Waals surface area contributed by atoms with Crippen molar-refractivity contribution in [2.24, 2.45) is 40.4 Å². The van der Waals surface area contributed by atoms with Gasteiger partial charge in [-0.25, -0.2) is 0 Å². The number of hydrogen-bond donors (Lipinski definition) is 0. The van der Waals surface area contributed by atoms with Crippen molar-refractivity contribution in [3.63, 3.8) is 0 Å². The van der Waals surface area contributed by atoms with E-state index in [-0.39, 0.29) is 7.53 Å². The Hall–Kier alpha value is -0.720. The van der Waals surface area contributed by atoms with Gasteiger partial charge in [0.2, 0.25) is 0 Å². The van der Waals surface area contributed by atoms with Gasteiger partial charge in [0.1, 0.15) is 0 Å². The van der Waals surface area contributed by atoms with Gasteiger partial charge in [0.25, 0.3) is 0 Å². The third-order valence-corrected chi connectivity index (χ3v) is 16.5. The Labute approximate surface area is 401 Å². The lowest BCUT2D eigenvalue weighted by Crippen LogP contribution is -2.33. The Bertz CT molecular complexity index is 1150. The van der Waals surface area contributed by atoms with Crippen molar-refractivity contribution in [2.45, 2.75) is 254 Å². The number of unbranched alkanes of at least 4 members (excludes halogenated alkanes) is 12. The first kappa shape index (κ1) is 57.6. The van der Waals surface area contributed by atoms with Crippen LogP contribution in [0.15, 0.2) is 23.8 Å². The number of ether oxygens (including phenoxy) is 5. The van der Waals surface area contributed by atoms with Gasteiger partial charge in [0, 0.05) is 54.3 Å². The molecule has 1 saturated heterocycles. The molecule has 1 unspecified atom stereocenters. The number of allylic oxidation sites excluding steroid dienone is 4. The standard InChI is InChI=1S/C59H110O5.H2/c1-8-9-10-11-12-13-14-15-16-17-18-19-20-21-22-23-41-63-50-56(49-54-36-47-62-48-37-54)64-46-29-45-61-44-28-43-60-42-27-39-58(6)38-26-40-59(7)55(33-25-32-53(58)5)34-35-57(59)52(4)31-24-30-51(2)3;/h15-16,32,51-52,54-57H,8-14,17-31,33-50H2,1-7H3;1H/b16-15-,53-32-;/t52-,55-,56?,57-,58+,59+;/m1./s1. The van der Waals surface area contributed by atoms with E-state index < -0.39 is 0 Å². The van der Waals surface area contributed by atoms with Gasteiger partial charge < -0.3 is 23.7 Å². The summed E-state index contributed by atoms with van der Waals surface area (Å²) in [4.78, 5) is 0. The zero-order valence-electron chi connectivity index (χ0n) is 44.0. The Kier molecular flexibility index (Phi) is 32.7. The van der Waals surface area contributed by atoms with Crippen molar-refractivity contribution >= 4 is 0 Å². The zero-order chi connectivity index (χ0) is 46.0. The minimum atomic E-state index is 0. The van der Waals surface area contributed by atoms with Crippen LogP contribution in [-0.2, 0) is 23.7 Å². The molecule has 0 aromatic rings. The van der Waals surface area contributed by atoms with Crippen LogP contribution in [0.1, 0.15) is 249 Å². The Morgan fingerprint density at radius 1 is 0.672 bits per heavy atom. The zero-order valence-corrected chi connectivity index (χ0v) is 44.0. The molecule has 0 spiro atoms. The van der Waals surface area contributed by atoms with Crippen molar-refractivity contribution in [3.05, 3.63) is 23.8 Å². The largest absolute Gasteiger partial charge is 0.381 e. The van der Waals surface area contributed by atoms with E-state index in [0.29, 0.717) is 23.4 Å². The maximum Gasteiger partial charge on any atom is 0.0811 e. The number of hydrogen-bond acceptors (Lipinski definition) is 5. The van der Waals surface area contributed by atoms with E-state index in [4.69, 9.17) is 23.7 Å². The fourth-order valence-corrected chi connectivity index (χ4v) is 12.0. The molecule has 0 aromatic heterocycles. The van der Waals surface area contributed by atoms with Gasteiger partial charge >= 0.3 is 0 Å². The molecule has 378 valence electrons. The summed E-state index contributed by atoms with van der Waals surface area (Å²) < 4.78 is 30.4. The van der Waals surface area contributed by atoms with Crippen LogP contribution >= 0.6 is 0 Å². The molecule has 64 heavy (non-hydrogen) atoms. The maximum atomic E-state index is 6.42. The lowest BCUT2D eigenvalue weighted by Gasteiger charge is -2.42. The fourth-order valence-electron chi connectivity index (χ4n) is 12.0. The van der Waals surface area contributed by atoms with Crippen LogP contribution in [0.3, 0.4) is 0 Å². The summed E-state index contributed by atoms with van der Waals surface area (Å²) >= 11 is 0. The highest BCUT2D eigenvalue weighted by Crippen LogP contribution is 2.57. The molecule has 1 heterocycles. The highest BCUT2D eigenvalue weighted by Gasteiger charge is 2.47. The molecule has 2 fully saturated rings. The maximum absolute atomic E-state index is 6.42. The molecule has 6 atom stereocenters. The van der Waals surface area contributed by atoms with Crippen LogP contribution in [0.2, 0.25) is 0 Å². The van der Waals surface area contributed by atoms with Crippen LogP contribution in [-0.4, -0.2) is 65.6 Å². The predicted octanol–water partition coefficient (Wildman–Crippen LogP) is 17.5. The lowest BCUT2D eigenvalue weighted by molar-refractivity contribution is -0.0440. The highest BCUT2D eigenvalue weighted by atomic mass is 16.5. The predicted molar refractivity (Wildman–Crippen MR) is 278 cm³/mol. The topological polar surface area (TPSA) is 46.2 Å². The van der Waals surface area contributed by atoms with E-state index in [1.54, 1.807) is 5.57 Å². The molecule has 2 aliphatic carbocycles. The molecule has 0 bridgehead atoms. The van der Waals surface area contributed by atoms with Crippen molar-refractivity contribution in [1.82, 2.24) is 0 Å². The van der Waals surface area contributed by atoms with Gasteiger partial charge in [0.15, 0.2) is 0 Å². The second kappa shape index (κ2) is 36.3. The number of fused-ring (bicyclic) bond motifs is 1. The van der Waals surface area contributed by atoms with Crippen LogP contribution in [0.5, 0.6) is 0 Å². The minimum absolute atomic E-state index is 0. The lowest BCUT2D eigenvalue weighted by atomic mass is 9.63. The van der Waals surface area contributed by atoms with E-state index >= 15 is 0 Å². The van der Waals surface area contributed by atoms with E-state index in [2.05, 4.69) is 66.7 Å². The molecule has 1 aliphatic heterocycles. The Balaban J connectivity index is 0.0000145. The summed E-state index contributed by atoms with van der Waals surface area (Å²) in [7, 11) is 0. The smallest absolute Gasteiger partial charge is 0.0811 e. The van der Waals surface area contributed by atoms with Gasteiger partial charge in [-0.1, -0.05) is 149 Å². The van der Waals surface area contributed by atoms with Gasteiger partial charge in [0.05, 0.1) is 12.7 Å². The summed E-state index contributed by atoms with van der Waals surface area (Å²) in [6.07, 6.45) is 47.9. The van der Waals surface area contributed by atoms with Gasteiger partial charge in [-0.2, -0.15) is 0 Å². The first-order chi connectivity index (χ1) is 31.2. The summed E-state index contributed by atoms with van der Waals surface area (Å²) in [5.74, 6) is 4.22. The molecule has 5 nitrogen and oxygen atoms in total. The molecule has 0 aromatic carbocycles. The van der Waals surface area contributed by atoms with Crippen molar-refractivity contribution in [1.29, 1.82) is 0 Å². The Morgan fingerprint density at radius 2 is 1.30 bits per heavy atom. The second-order valence-electron chi connectivity index (χ2n) is 22.4. The molecule has 0 radical (unpaired) electrons. The second-order valence-corrected chi connectivity index (χ2v) is 22.4. The molecule has 1 saturated carbocycles. The first-order valence-electron chi connectivity index (χ1n) is 28.4. The average Bonchev–Trinajstić information content (AvgIpc) is 3.61. The molecule has 3 rings (SSSR count). The fraction of sp³-hybridized carbons (Fsp3) is 0.932. The number of rotatable bonds is 38. The van der Waals surface area contributed by atoms with Gasteiger partial charge in [-0.05, 0) is 163 Å². The van der Waals surface area contributed by atoms with Crippen LogP contribution in [0, 0.1) is 40.4 Å². The molecule has 0 amide bonds. The van der Waals surface area contributed by atoms with E-state index in [1.165, 1.54) is 154 Å². The van der Waals surface area contributed by atoms with Crippen molar-refractivity contribution < 1.29 is 25.1 Å². The highest BCUT2D eigenvalue weighted by molar-refractivity contribution is 5.12. The van der Waals surface area contributed by atoms with Crippen molar-refractivity contribution in [2.75, 3.05) is 59.5 Å². The summed E-state index contributed by atoms with van der Waals surface area (Å²) in [5, 5.41) is 0. The first-order valence-corrected chi connectivity index (χ1v) is 28.4. The summed E-state index contributed by atoms with van der Waals surface area (Å²) in [6.45, 7) is 24.6. The Morgan fingerprint density at radius 3 is 1.98 bits per heavy atom. The van der Waals surface area contributed by atoms with Crippen molar-refractivity contribution in [3.8, 4) is 0 Å². The molecule has 0 N–H and O–H groups in total. The van der Waals surface area contributed by atoms with Crippen LogP contribution < -0.4 is 0 Å². The molecular weight excluding hydrogens is 789 g/mol. The van der Waals surface area contributed by atoms with Gasteiger partial charge in [-0.15, -0.1) is 0 Å². The molecule has 5 heteroatoms. The van der Waals surface area contributed by atoms with E-state index in [0.717, 1.165) is 121 Å². The summed E-state index contributed by atoms with van der Waals surface area (Å²) in [5.41, 5.74) is 2.46. The SMILES string of the molecule is CCCCCCCC/C=C\CCCCCCCCOCC(CC1CCOCC1)OCCCOCCCOCCC[C@]1(C)CCC[C@@]2(C)[C@H](CC/C=C\1C)CC[C@@H]2[C@H](C)CCCC(C)C.[HH]. The molecular formula is C59H112O5. The minimum Gasteiger partial charge on any atom is -0.381 e. The van der Waals surface area contributed by atoms with Gasteiger partial charge in [-0.3, -0.25) is 0 Å². The average molecular weight is 902 g/mol. The third-order valence-electron chi connectivity index (χ3n) is 16.5. The third kappa shape index (κ3) is 25.1. The summed E-state index contributed by atoms with van der Waals surface area (Å²) in [6, 6.07) is 0. The van der Waals surface area contributed by atoms with Crippen LogP contribution in [0.4, 0.5) is 0 Å².